The van der Waals surface area contributed by atoms with Crippen LogP contribution in [0.1, 0.15) is 20.8 Å². The first-order chi connectivity index (χ1) is 11.3. The summed E-state index contributed by atoms with van der Waals surface area (Å²) in [5.74, 6) is 0.524. The quantitative estimate of drug-likeness (QED) is 0.516. The van der Waals surface area contributed by atoms with Crippen LogP contribution >= 0.6 is 15.9 Å². The zero-order valence-electron chi connectivity index (χ0n) is 15.0. The lowest BCUT2D eigenvalue weighted by atomic mass is 9.79. The number of hydrogen-bond donors (Lipinski definition) is 1. The number of nitrogens with zero attached hydrogens (tertiary/aromatic N) is 2. The summed E-state index contributed by atoms with van der Waals surface area (Å²) in [5.41, 5.74) is 0.805. The molecule has 0 aliphatic rings. The Labute approximate surface area is 156 Å². The molecule has 0 saturated heterocycles. The first-order valence-corrected chi connectivity index (χ1v) is 13.2. The van der Waals surface area contributed by atoms with E-state index in [4.69, 9.17) is 8.85 Å². The van der Waals surface area contributed by atoms with Crippen molar-refractivity contribution in [2.75, 3.05) is 0 Å². The van der Waals surface area contributed by atoms with Crippen molar-refractivity contribution in [2.24, 2.45) is 11.3 Å². The lowest BCUT2D eigenvalue weighted by molar-refractivity contribution is -0.104. The molecule has 1 N–H and O–H groups in total. The standard InChI is InChI=1S/C16H27BrN2O3Si2/c1-10(16(2,3)15(21-23-4)22-24-5)9-19-14-11(8-18-19)6-7-12(20)13(14)17/h6-8,10,15,20H,9,23-24H2,1-5H3/t10-/m1/s1. The zero-order chi connectivity index (χ0) is 17.9. The maximum atomic E-state index is 9.96. The number of fused-ring (bicyclic) bond motifs is 1. The summed E-state index contributed by atoms with van der Waals surface area (Å²) in [6.07, 6.45) is 1.70. The minimum atomic E-state index is -0.537. The number of phenols is 1. The lowest BCUT2D eigenvalue weighted by Crippen LogP contribution is -2.42. The molecule has 0 unspecified atom stereocenters. The van der Waals surface area contributed by atoms with Gasteiger partial charge < -0.3 is 14.0 Å². The van der Waals surface area contributed by atoms with Crippen molar-refractivity contribution in [3.8, 4) is 5.75 Å². The first kappa shape index (κ1) is 19.6. The Bertz CT molecular complexity index is 687. The summed E-state index contributed by atoms with van der Waals surface area (Å²) < 4.78 is 14.6. The van der Waals surface area contributed by atoms with E-state index in [9.17, 15) is 5.11 Å². The van der Waals surface area contributed by atoms with E-state index in [1.807, 2.05) is 16.9 Å². The van der Waals surface area contributed by atoms with E-state index in [2.05, 4.69) is 54.9 Å². The average molecular weight is 431 g/mol. The van der Waals surface area contributed by atoms with Gasteiger partial charge in [-0.2, -0.15) is 5.10 Å². The fraction of sp³-hybridized carbons (Fsp3) is 0.562. The molecule has 0 radical (unpaired) electrons. The van der Waals surface area contributed by atoms with Crippen molar-refractivity contribution in [2.45, 2.75) is 46.7 Å². The summed E-state index contributed by atoms with van der Waals surface area (Å²) in [6.45, 7) is 11.6. The summed E-state index contributed by atoms with van der Waals surface area (Å²) in [7, 11) is -1.07. The minimum Gasteiger partial charge on any atom is -0.507 e. The average Bonchev–Trinajstić information content (AvgIpc) is 2.94. The van der Waals surface area contributed by atoms with Gasteiger partial charge in [0.25, 0.3) is 0 Å². The van der Waals surface area contributed by atoms with Gasteiger partial charge in [0.1, 0.15) is 12.0 Å². The van der Waals surface area contributed by atoms with Gasteiger partial charge in [0.05, 0.1) is 16.2 Å². The van der Waals surface area contributed by atoms with Crippen molar-refractivity contribution in [1.82, 2.24) is 9.78 Å². The van der Waals surface area contributed by atoms with Crippen LogP contribution in [0.15, 0.2) is 22.8 Å². The van der Waals surface area contributed by atoms with Crippen LogP contribution in [0.5, 0.6) is 5.75 Å². The highest BCUT2D eigenvalue weighted by molar-refractivity contribution is 9.10. The van der Waals surface area contributed by atoms with Gasteiger partial charge >= 0.3 is 0 Å². The van der Waals surface area contributed by atoms with Crippen LogP contribution in [0, 0.1) is 11.3 Å². The topological polar surface area (TPSA) is 56.5 Å². The number of rotatable bonds is 8. The summed E-state index contributed by atoms with van der Waals surface area (Å²) in [6, 6.07) is 3.57. The van der Waals surface area contributed by atoms with Crippen molar-refractivity contribution >= 4 is 46.4 Å². The van der Waals surface area contributed by atoms with Gasteiger partial charge in [-0.15, -0.1) is 0 Å². The molecule has 2 aromatic rings. The van der Waals surface area contributed by atoms with E-state index in [-0.39, 0.29) is 17.5 Å². The van der Waals surface area contributed by atoms with Crippen LogP contribution in [0.25, 0.3) is 10.9 Å². The van der Waals surface area contributed by atoms with E-state index in [1.165, 1.54) is 0 Å². The molecule has 1 heterocycles. The highest BCUT2D eigenvalue weighted by Gasteiger charge is 2.36. The molecule has 0 amide bonds. The van der Waals surface area contributed by atoms with Gasteiger partial charge in [-0.1, -0.05) is 33.9 Å². The highest BCUT2D eigenvalue weighted by atomic mass is 79.9. The normalized spacial score (nSPS) is 15.9. The Morgan fingerprint density at radius 2 is 1.92 bits per heavy atom. The SMILES string of the molecule is C[SiH2]OC(O[SiH2]C)C(C)(C)[C@H](C)Cn1ncc2ccc(O)c(Br)c21. The minimum absolute atomic E-state index is 0.117. The number of benzene rings is 1. The number of halogens is 1. The number of hydrogen-bond acceptors (Lipinski definition) is 4. The smallest absolute Gasteiger partial charge is 0.161 e. The molecule has 134 valence electrons. The van der Waals surface area contributed by atoms with E-state index < -0.39 is 19.5 Å². The number of aromatic hydroxyl groups is 1. The molecule has 1 aromatic heterocycles. The lowest BCUT2D eigenvalue weighted by Gasteiger charge is -2.39. The predicted octanol–water partition coefficient (Wildman–Crippen LogP) is 2.79. The molecule has 0 spiro atoms. The third-order valence-electron chi connectivity index (χ3n) is 4.68. The second kappa shape index (κ2) is 8.14. The van der Waals surface area contributed by atoms with Gasteiger partial charge in [-0.25, -0.2) is 0 Å². The maximum Gasteiger partial charge on any atom is 0.161 e. The maximum absolute atomic E-state index is 9.96. The molecule has 8 heteroatoms. The Balaban J connectivity index is 2.28. The first-order valence-electron chi connectivity index (χ1n) is 8.39. The van der Waals surface area contributed by atoms with Crippen LogP contribution < -0.4 is 0 Å². The van der Waals surface area contributed by atoms with Crippen molar-refractivity contribution in [3.63, 3.8) is 0 Å². The van der Waals surface area contributed by atoms with E-state index in [1.54, 1.807) is 6.07 Å². The van der Waals surface area contributed by atoms with Crippen LogP contribution in [0.3, 0.4) is 0 Å². The molecule has 0 bridgehead atoms. The van der Waals surface area contributed by atoms with Gasteiger partial charge in [0, 0.05) is 17.3 Å². The van der Waals surface area contributed by atoms with Crippen LogP contribution in [-0.2, 0) is 15.4 Å². The van der Waals surface area contributed by atoms with Gasteiger partial charge in [0.2, 0.25) is 0 Å². The molecule has 0 fully saturated rings. The largest absolute Gasteiger partial charge is 0.507 e. The van der Waals surface area contributed by atoms with E-state index >= 15 is 0 Å². The van der Waals surface area contributed by atoms with Crippen molar-refractivity contribution in [3.05, 3.63) is 22.8 Å². The van der Waals surface area contributed by atoms with Crippen molar-refractivity contribution < 1.29 is 14.0 Å². The molecule has 1 aromatic carbocycles. The second-order valence-corrected chi connectivity index (χ2v) is 9.24. The zero-order valence-corrected chi connectivity index (χ0v) is 19.5. The molecule has 5 nitrogen and oxygen atoms in total. The molecule has 24 heavy (non-hydrogen) atoms. The Hall–Kier alpha value is -0.676. The fourth-order valence-corrected chi connectivity index (χ4v) is 5.19. The summed E-state index contributed by atoms with van der Waals surface area (Å²) in [5, 5.41) is 15.5. The van der Waals surface area contributed by atoms with Gasteiger partial charge in [-0.3, -0.25) is 4.68 Å². The molecular formula is C16H27BrN2O3Si2. The monoisotopic (exact) mass is 430 g/mol. The Morgan fingerprint density at radius 3 is 2.50 bits per heavy atom. The fourth-order valence-electron chi connectivity index (χ4n) is 2.77. The summed E-state index contributed by atoms with van der Waals surface area (Å²) in [4.78, 5) is 0. The third kappa shape index (κ3) is 3.93. The third-order valence-corrected chi connectivity index (χ3v) is 6.74. The molecule has 2 rings (SSSR count). The van der Waals surface area contributed by atoms with Gasteiger partial charge in [-0.05, 0) is 34.0 Å². The predicted molar refractivity (Wildman–Crippen MR) is 107 cm³/mol. The van der Waals surface area contributed by atoms with E-state index in [0.717, 1.165) is 17.4 Å². The molecule has 0 aliphatic carbocycles. The van der Waals surface area contributed by atoms with E-state index in [0.29, 0.717) is 10.4 Å². The van der Waals surface area contributed by atoms with Crippen LogP contribution in [0.2, 0.25) is 13.1 Å². The molecular weight excluding hydrogens is 404 g/mol. The number of aromatic nitrogens is 2. The van der Waals surface area contributed by atoms with Crippen molar-refractivity contribution in [1.29, 1.82) is 0 Å². The highest BCUT2D eigenvalue weighted by Crippen LogP contribution is 2.36. The van der Waals surface area contributed by atoms with Crippen LogP contribution in [0.4, 0.5) is 0 Å². The van der Waals surface area contributed by atoms with Gasteiger partial charge in [0.15, 0.2) is 19.5 Å². The summed E-state index contributed by atoms with van der Waals surface area (Å²) >= 11 is 3.48. The second-order valence-electron chi connectivity index (χ2n) is 6.63. The molecule has 0 saturated carbocycles. The molecule has 0 aliphatic heterocycles. The Kier molecular flexibility index (Phi) is 6.66. The number of phenolic OH excluding ortho intramolecular Hbond substituents is 1. The van der Waals surface area contributed by atoms with Crippen LogP contribution in [-0.4, -0.2) is 40.7 Å². The Morgan fingerprint density at radius 1 is 1.29 bits per heavy atom. The molecule has 1 atom stereocenters.